The summed E-state index contributed by atoms with van der Waals surface area (Å²) in [5.74, 6) is 0.674. The van der Waals surface area contributed by atoms with Gasteiger partial charge in [0.15, 0.2) is 0 Å². The Balaban J connectivity index is 2.14. The van der Waals surface area contributed by atoms with E-state index < -0.39 is 10.0 Å². The molecule has 0 amide bonds. The highest BCUT2D eigenvalue weighted by molar-refractivity contribution is 7.88. The summed E-state index contributed by atoms with van der Waals surface area (Å²) in [6, 6.07) is 5.70. The number of sulfonamides is 1. The van der Waals surface area contributed by atoms with E-state index in [4.69, 9.17) is 10.5 Å². The monoisotopic (exact) mass is 313 g/mol. The van der Waals surface area contributed by atoms with Crippen molar-refractivity contribution in [3.63, 3.8) is 0 Å². The van der Waals surface area contributed by atoms with Gasteiger partial charge in [-0.1, -0.05) is 6.07 Å². The Labute approximate surface area is 126 Å². The molecule has 1 aromatic rings. The van der Waals surface area contributed by atoms with Gasteiger partial charge in [-0.25, -0.2) is 8.42 Å². The summed E-state index contributed by atoms with van der Waals surface area (Å²) in [5, 5.41) is 0. The van der Waals surface area contributed by atoms with Gasteiger partial charge in [0.25, 0.3) is 0 Å². The third-order valence-corrected chi connectivity index (χ3v) is 4.76. The normalized spacial score (nSPS) is 17.2. The van der Waals surface area contributed by atoms with Gasteiger partial charge in [0, 0.05) is 26.2 Å². The number of benzene rings is 1. The number of hydrogen-bond donors (Lipinski definition) is 1. The maximum atomic E-state index is 11.5. The molecular formula is C14H23N3O3S. The van der Waals surface area contributed by atoms with E-state index in [1.807, 2.05) is 32.0 Å². The first kappa shape index (κ1) is 15.9. The van der Waals surface area contributed by atoms with Crippen LogP contribution < -0.4 is 15.4 Å². The van der Waals surface area contributed by atoms with Crippen LogP contribution in [0.4, 0.5) is 11.4 Å². The molecule has 0 atom stereocenters. The van der Waals surface area contributed by atoms with E-state index in [1.165, 1.54) is 10.6 Å². The van der Waals surface area contributed by atoms with Crippen LogP contribution in [0.1, 0.15) is 13.8 Å². The van der Waals surface area contributed by atoms with Crippen LogP contribution in [0.15, 0.2) is 18.2 Å². The Hall–Kier alpha value is -1.47. The minimum absolute atomic E-state index is 0.0598. The maximum Gasteiger partial charge on any atom is 0.211 e. The number of rotatable bonds is 4. The number of nitrogens with zero attached hydrogens (tertiary/aromatic N) is 2. The maximum absolute atomic E-state index is 11.5. The number of para-hydroxylation sites is 1. The first-order chi connectivity index (χ1) is 9.79. The Morgan fingerprint density at radius 2 is 1.81 bits per heavy atom. The topological polar surface area (TPSA) is 75.9 Å². The average Bonchev–Trinajstić information content (AvgIpc) is 2.40. The van der Waals surface area contributed by atoms with Gasteiger partial charge in [0.1, 0.15) is 5.75 Å². The van der Waals surface area contributed by atoms with Crippen molar-refractivity contribution in [2.24, 2.45) is 0 Å². The van der Waals surface area contributed by atoms with Crippen molar-refractivity contribution in [3.05, 3.63) is 18.2 Å². The molecular weight excluding hydrogens is 290 g/mol. The lowest BCUT2D eigenvalue weighted by Gasteiger charge is -2.35. The molecule has 0 aromatic heterocycles. The van der Waals surface area contributed by atoms with E-state index in [2.05, 4.69) is 4.90 Å². The van der Waals surface area contributed by atoms with Crippen molar-refractivity contribution in [3.8, 4) is 5.75 Å². The predicted octanol–water partition coefficient (Wildman–Crippen LogP) is 1.14. The zero-order chi connectivity index (χ0) is 15.6. The Morgan fingerprint density at radius 1 is 1.19 bits per heavy atom. The summed E-state index contributed by atoms with van der Waals surface area (Å²) < 4.78 is 30.3. The van der Waals surface area contributed by atoms with E-state index in [0.29, 0.717) is 37.6 Å². The van der Waals surface area contributed by atoms with Crippen LogP contribution in [0.3, 0.4) is 0 Å². The van der Waals surface area contributed by atoms with Gasteiger partial charge in [-0.15, -0.1) is 0 Å². The van der Waals surface area contributed by atoms with Crippen LogP contribution >= 0.6 is 0 Å². The molecule has 0 unspecified atom stereocenters. The van der Waals surface area contributed by atoms with E-state index in [9.17, 15) is 8.42 Å². The summed E-state index contributed by atoms with van der Waals surface area (Å²) in [4.78, 5) is 2.10. The number of nitrogens with two attached hydrogens (primary N) is 1. The largest absolute Gasteiger partial charge is 0.489 e. The highest BCUT2D eigenvalue weighted by Gasteiger charge is 2.24. The van der Waals surface area contributed by atoms with E-state index >= 15 is 0 Å². The quantitative estimate of drug-likeness (QED) is 0.844. The molecule has 1 aromatic carbocycles. The van der Waals surface area contributed by atoms with Gasteiger partial charge in [0.05, 0.1) is 23.7 Å². The highest BCUT2D eigenvalue weighted by atomic mass is 32.2. The Bertz CT molecular complexity index is 593. The lowest BCUT2D eigenvalue weighted by atomic mass is 10.2. The van der Waals surface area contributed by atoms with Gasteiger partial charge in [-0.3, -0.25) is 0 Å². The predicted molar refractivity (Wildman–Crippen MR) is 85.2 cm³/mol. The molecule has 7 heteroatoms. The third kappa shape index (κ3) is 3.79. The molecule has 6 nitrogen and oxygen atoms in total. The standard InChI is InChI=1S/C14H23N3O3S/c1-11(2)20-13-6-4-5-12(14(13)15)16-7-9-17(10-8-16)21(3,18)19/h4-6,11H,7-10,15H2,1-3H3. The lowest BCUT2D eigenvalue weighted by Crippen LogP contribution is -2.48. The second-order valence-corrected chi connectivity index (χ2v) is 7.49. The van der Waals surface area contributed by atoms with Crippen molar-refractivity contribution in [1.29, 1.82) is 0 Å². The van der Waals surface area contributed by atoms with Gasteiger partial charge in [-0.05, 0) is 26.0 Å². The number of ether oxygens (including phenoxy) is 1. The number of nitrogen functional groups attached to an aromatic ring is 1. The lowest BCUT2D eigenvalue weighted by molar-refractivity contribution is 0.244. The Morgan fingerprint density at radius 3 is 2.33 bits per heavy atom. The number of hydrogen-bond acceptors (Lipinski definition) is 5. The minimum Gasteiger partial charge on any atom is -0.489 e. The van der Waals surface area contributed by atoms with Crippen molar-refractivity contribution < 1.29 is 13.2 Å². The molecule has 2 N–H and O–H groups in total. The SMILES string of the molecule is CC(C)Oc1cccc(N2CCN(S(C)(=O)=O)CC2)c1N. The van der Waals surface area contributed by atoms with E-state index in [-0.39, 0.29) is 6.10 Å². The molecule has 1 aliphatic rings. The summed E-state index contributed by atoms with van der Waals surface area (Å²) in [6.45, 7) is 6.12. The van der Waals surface area contributed by atoms with E-state index in [0.717, 1.165) is 5.69 Å². The summed E-state index contributed by atoms with van der Waals surface area (Å²) in [7, 11) is -3.11. The average molecular weight is 313 g/mol. The van der Waals surface area contributed by atoms with Crippen molar-refractivity contribution >= 4 is 21.4 Å². The zero-order valence-corrected chi connectivity index (χ0v) is 13.6. The fourth-order valence-electron chi connectivity index (χ4n) is 2.43. The molecule has 21 heavy (non-hydrogen) atoms. The summed E-state index contributed by atoms with van der Waals surface area (Å²) >= 11 is 0. The van der Waals surface area contributed by atoms with Crippen LogP contribution in [-0.2, 0) is 10.0 Å². The molecule has 0 bridgehead atoms. The highest BCUT2D eigenvalue weighted by Crippen LogP contribution is 2.33. The molecule has 1 saturated heterocycles. The first-order valence-electron chi connectivity index (χ1n) is 7.04. The van der Waals surface area contributed by atoms with Crippen molar-refractivity contribution in [2.45, 2.75) is 20.0 Å². The third-order valence-electron chi connectivity index (χ3n) is 3.45. The van der Waals surface area contributed by atoms with Gasteiger partial charge in [-0.2, -0.15) is 4.31 Å². The van der Waals surface area contributed by atoms with Crippen molar-refractivity contribution in [1.82, 2.24) is 4.31 Å². The smallest absolute Gasteiger partial charge is 0.211 e. The molecule has 0 aliphatic carbocycles. The first-order valence-corrected chi connectivity index (χ1v) is 8.89. The molecule has 0 saturated carbocycles. The second-order valence-electron chi connectivity index (χ2n) is 5.50. The van der Waals surface area contributed by atoms with Gasteiger partial charge >= 0.3 is 0 Å². The molecule has 0 radical (unpaired) electrons. The Kier molecular flexibility index (Phi) is 4.63. The molecule has 1 heterocycles. The van der Waals surface area contributed by atoms with E-state index in [1.54, 1.807) is 0 Å². The summed E-state index contributed by atoms with van der Waals surface area (Å²) in [6.07, 6.45) is 1.30. The molecule has 118 valence electrons. The van der Waals surface area contributed by atoms with Gasteiger partial charge in [0.2, 0.25) is 10.0 Å². The van der Waals surface area contributed by atoms with Crippen LogP contribution in [0, 0.1) is 0 Å². The molecule has 0 spiro atoms. The molecule has 2 rings (SSSR count). The summed E-state index contributed by atoms with van der Waals surface area (Å²) in [5.41, 5.74) is 7.70. The second kappa shape index (κ2) is 6.11. The molecule has 1 aliphatic heterocycles. The van der Waals surface area contributed by atoms with Crippen LogP contribution in [0.25, 0.3) is 0 Å². The zero-order valence-electron chi connectivity index (χ0n) is 12.7. The van der Waals surface area contributed by atoms with Gasteiger partial charge < -0.3 is 15.4 Å². The van der Waals surface area contributed by atoms with Crippen LogP contribution in [0.2, 0.25) is 0 Å². The molecule has 1 fully saturated rings. The number of anilines is 2. The van der Waals surface area contributed by atoms with Crippen molar-refractivity contribution in [2.75, 3.05) is 43.1 Å². The minimum atomic E-state index is -3.11. The number of piperazine rings is 1. The van der Waals surface area contributed by atoms with Crippen LogP contribution in [-0.4, -0.2) is 51.3 Å². The fraction of sp³-hybridized carbons (Fsp3) is 0.571. The van der Waals surface area contributed by atoms with Crippen LogP contribution in [0.5, 0.6) is 5.75 Å². The fourth-order valence-corrected chi connectivity index (χ4v) is 3.25.